The largest absolute Gasteiger partial charge is 0.444 e. The van der Waals surface area contributed by atoms with E-state index in [0.717, 1.165) is 88.3 Å². The Morgan fingerprint density at radius 1 is 0.966 bits per heavy atom. The molecule has 3 aromatic heterocycles. The number of carbonyl (C=O) groups is 1. The highest BCUT2D eigenvalue weighted by atomic mass is 79.9. The molecule has 2 aliphatic carbocycles. The third kappa shape index (κ3) is 8.09. The number of imidazole rings is 1. The zero-order valence-corrected chi connectivity index (χ0v) is 36.3. The van der Waals surface area contributed by atoms with Gasteiger partial charge in [-0.25, -0.2) is 9.78 Å². The monoisotopic (exact) mass is 864 g/mol. The fraction of sp³-hybridized carbons (Fsp3) is 0.478. The lowest BCUT2D eigenvalue weighted by molar-refractivity contribution is -0.00603. The minimum Gasteiger partial charge on any atom is -0.444 e. The van der Waals surface area contributed by atoms with Gasteiger partial charge in [-0.3, -0.25) is 9.20 Å². The number of carbonyl (C=O) groups excluding carboxylic acids is 1. The molecule has 2 saturated carbocycles. The molecule has 1 aliphatic heterocycles. The summed E-state index contributed by atoms with van der Waals surface area (Å²) in [6.07, 6.45) is 8.78. The van der Waals surface area contributed by atoms with E-state index in [1.807, 2.05) is 51.4 Å². The molecule has 6 aromatic rings. The number of likely N-dealkylation sites (tertiary alicyclic amines) is 1. The van der Waals surface area contributed by atoms with Gasteiger partial charge in [0.05, 0.1) is 56.8 Å². The zero-order chi connectivity index (χ0) is 40.1. The highest BCUT2D eigenvalue weighted by Gasteiger charge is 2.35. The summed E-state index contributed by atoms with van der Waals surface area (Å²) >= 11 is 5.26. The molecule has 58 heavy (non-hydrogen) atoms. The average molecular weight is 866 g/mol. The first-order valence-electron chi connectivity index (χ1n) is 21.0. The number of aryl methyl sites for hydroxylation is 1. The average Bonchev–Trinajstić information content (AvgIpc) is 3.56. The number of piperidine rings is 1. The molecule has 3 fully saturated rings. The molecule has 0 radical (unpaired) electrons. The standard InChI is InChI=1S/C46H53BrN6O4S/c1-28-42(58-27-48-28)32-16-12-30(13-17-32)36(49-45(55)57-46(2,3)4)26-56-40(31-14-15-31)25-51-22-20-29(21-23-51)33-18-19-37-39(24-33)52(34-8-5-6-9-34)44-50-43(54)41-35(47)10-7-11-38(41)53(37)44/h7,10-13,16-19,24,27,29,31,34,36,40H,5-6,8-9,14-15,20-23,25-26H2,1-4H3,(H,49,55)/t36-,40-/m0/s1. The van der Waals surface area contributed by atoms with E-state index in [1.165, 1.54) is 36.8 Å². The summed E-state index contributed by atoms with van der Waals surface area (Å²) in [5.41, 5.74) is 8.75. The number of nitrogens with one attached hydrogen (secondary N) is 1. The molecule has 4 heterocycles. The van der Waals surface area contributed by atoms with Gasteiger partial charge >= 0.3 is 6.09 Å². The minimum atomic E-state index is -0.601. The number of halogens is 1. The van der Waals surface area contributed by atoms with Crippen molar-refractivity contribution < 1.29 is 14.3 Å². The van der Waals surface area contributed by atoms with Crippen LogP contribution in [-0.2, 0) is 9.47 Å². The van der Waals surface area contributed by atoms with E-state index in [-0.39, 0.29) is 17.7 Å². The Kier molecular flexibility index (Phi) is 11.0. The Labute approximate surface area is 352 Å². The first kappa shape index (κ1) is 39.4. The van der Waals surface area contributed by atoms with Crippen LogP contribution in [0, 0.1) is 12.8 Å². The second kappa shape index (κ2) is 16.2. The zero-order valence-electron chi connectivity index (χ0n) is 33.9. The summed E-state index contributed by atoms with van der Waals surface area (Å²) in [6.45, 7) is 10.9. The number of benzene rings is 3. The molecule has 1 amide bonds. The SMILES string of the molecule is Cc1ncsc1-c1ccc([C@H](CO[C@@H](CN2CCC(c3ccc4c(c3)n(C3CCCC3)c3nc(=O)c5c(Br)cccc5n43)CC2)C2CC2)NC(=O)OC(C)(C)C)cc1. The molecule has 2 atom stereocenters. The predicted octanol–water partition coefficient (Wildman–Crippen LogP) is 10.4. The Hall–Kier alpha value is -4.10. The van der Waals surface area contributed by atoms with Crippen LogP contribution >= 0.6 is 27.3 Å². The third-order valence-electron chi connectivity index (χ3n) is 12.4. The van der Waals surface area contributed by atoms with Gasteiger partial charge in [0.25, 0.3) is 5.56 Å². The van der Waals surface area contributed by atoms with Crippen LogP contribution in [0.1, 0.15) is 107 Å². The van der Waals surface area contributed by atoms with Crippen molar-refractivity contribution in [1.29, 1.82) is 0 Å². The van der Waals surface area contributed by atoms with Gasteiger partial charge in [0.1, 0.15) is 5.60 Å². The van der Waals surface area contributed by atoms with Gasteiger partial charge in [0, 0.05) is 17.1 Å². The second-order valence-electron chi connectivity index (χ2n) is 17.6. The highest BCUT2D eigenvalue weighted by molar-refractivity contribution is 9.10. The van der Waals surface area contributed by atoms with Crippen LogP contribution in [0.2, 0.25) is 0 Å². The number of alkyl carbamates (subject to hydrolysis) is 1. The van der Waals surface area contributed by atoms with Gasteiger partial charge in [-0.1, -0.05) is 49.2 Å². The second-order valence-corrected chi connectivity index (χ2v) is 19.3. The van der Waals surface area contributed by atoms with Crippen molar-refractivity contribution in [2.24, 2.45) is 5.92 Å². The van der Waals surface area contributed by atoms with E-state index in [2.05, 4.69) is 82.6 Å². The maximum atomic E-state index is 13.4. The van der Waals surface area contributed by atoms with Crippen molar-refractivity contribution in [2.45, 2.75) is 109 Å². The molecule has 0 bridgehead atoms. The van der Waals surface area contributed by atoms with Gasteiger partial charge in [-0.05, 0) is 148 Å². The number of nitrogens with zero attached hydrogens (tertiary/aromatic N) is 5. The topological polar surface area (TPSA) is 103 Å². The van der Waals surface area contributed by atoms with Gasteiger partial charge in [-0.2, -0.15) is 4.98 Å². The van der Waals surface area contributed by atoms with Crippen molar-refractivity contribution in [3.8, 4) is 10.4 Å². The maximum Gasteiger partial charge on any atom is 0.408 e. The van der Waals surface area contributed by atoms with Crippen molar-refractivity contribution >= 4 is 61.1 Å². The lowest BCUT2D eigenvalue weighted by atomic mass is 9.89. The molecule has 3 aromatic carbocycles. The highest BCUT2D eigenvalue weighted by Crippen LogP contribution is 2.40. The molecule has 9 rings (SSSR count). The number of rotatable bonds is 11. The van der Waals surface area contributed by atoms with Crippen LogP contribution < -0.4 is 10.9 Å². The Balaban J connectivity index is 0.905. The number of aromatic nitrogens is 4. The van der Waals surface area contributed by atoms with Crippen molar-refractivity contribution in [3.05, 3.63) is 97.8 Å². The number of hydrogen-bond acceptors (Lipinski definition) is 8. The Morgan fingerprint density at radius 2 is 1.72 bits per heavy atom. The van der Waals surface area contributed by atoms with Crippen LogP contribution in [0.25, 0.3) is 38.2 Å². The van der Waals surface area contributed by atoms with E-state index >= 15 is 0 Å². The van der Waals surface area contributed by atoms with Crippen molar-refractivity contribution in [2.75, 3.05) is 26.2 Å². The Morgan fingerprint density at radius 3 is 2.41 bits per heavy atom. The first-order chi connectivity index (χ1) is 28.0. The number of fused-ring (bicyclic) bond motifs is 5. The molecule has 1 saturated heterocycles. The number of amides is 1. The lowest BCUT2D eigenvalue weighted by Gasteiger charge is -2.35. The molecule has 3 aliphatic rings. The fourth-order valence-corrected chi connectivity index (χ4v) is 10.6. The lowest BCUT2D eigenvalue weighted by Crippen LogP contribution is -2.42. The van der Waals surface area contributed by atoms with Crippen LogP contribution in [0.3, 0.4) is 0 Å². The van der Waals surface area contributed by atoms with Crippen LogP contribution in [0.5, 0.6) is 0 Å². The Bertz CT molecular complexity index is 2500. The fourth-order valence-electron chi connectivity index (χ4n) is 9.27. The van der Waals surface area contributed by atoms with Crippen molar-refractivity contribution in [3.63, 3.8) is 0 Å². The van der Waals surface area contributed by atoms with Gasteiger partial charge in [0.2, 0.25) is 5.78 Å². The van der Waals surface area contributed by atoms with Gasteiger partial charge in [0.15, 0.2) is 0 Å². The molecular weight excluding hydrogens is 813 g/mol. The van der Waals surface area contributed by atoms with Crippen LogP contribution in [-0.4, -0.2) is 67.9 Å². The first-order valence-corrected chi connectivity index (χ1v) is 22.7. The smallest absolute Gasteiger partial charge is 0.408 e. The molecule has 304 valence electrons. The normalized spacial score (nSPS) is 18.4. The van der Waals surface area contributed by atoms with E-state index in [9.17, 15) is 9.59 Å². The molecular formula is C46H53BrN6O4S. The molecule has 1 N–H and O–H groups in total. The van der Waals surface area contributed by atoms with E-state index in [0.29, 0.717) is 29.9 Å². The number of hydrogen-bond donors (Lipinski definition) is 1. The van der Waals surface area contributed by atoms with E-state index in [1.54, 1.807) is 11.3 Å². The van der Waals surface area contributed by atoms with E-state index in [4.69, 9.17) is 14.5 Å². The summed E-state index contributed by atoms with van der Waals surface area (Å²) in [5.74, 6) is 1.74. The summed E-state index contributed by atoms with van der Waals surface area (Å²) in [5, 5.41) is 3.75. The minimum absolute atomic E-state index is 0.0994. The summed E-state index contributed by atoms with van der Waals surface area (Å²) in [4.78, 5) is 39.3. The van der Waals surface area contributed by atoms with Crippen molar-refractivity contribution in [1.82, 2.24) is 29.2 Å². The van der Waals surface area contributed by atoms with Gasteiger partial charge in [-0.15, -0.1) is 11.3 Å². The molecule has 12 heteroatoms. The van der Waals surface area contributed by atoms with Crippen LogP contribution in [0.15, 0.2) is 75.4 Å². The van der Waals surface area contributed by atoms with Gasteiger partial charge < -0.3 is 24.3 Å². The maximum absolute atomic E-state index is 13.4. The summed E-state index contributed by atoms with van der Waals surface area (Å²) in [7, 11) is 0. The van der Waals surface area contributed by atoms with Crippen LogP contribution in [0.4, 0.5) is 4.79 Å². The number of ether oxygens (including phenoxy) is 2. The molecule has 0 unspecified atom stereocenters. The predicted molar refractivity (Wildman–Crippen MR) is 235 cm³/mol. The third-order valence-corrected chi connectivity index (χ3v) is 14.0. The van der Waals surface area contributed by atoms with E-state index < -0.39 is 11.7 Å². The quantitative estimate of drug-likeness (QED) is 0.138. The number of thiazole rings is 1. The molecule has 10 nitrogen and oxygen atoms in total. The summed E-state index contributed by atoms with van der Waals surface area (Å²) < 4.78 is 17.8. The summed E-state index contributed by atoms with van der Waals surface area (Å²) in [6, 6.07) is 21.3. The molecule has 0 spiro atoms.